The Balaban J connectivity index is 0.000000490. The molecule has 0 amide bonds. The summed E-state index contributed by atoms with van der Waals surface area (Å²) in [6, 6.07) is 0. The molecule has 0 aromatic carbocycles. The van der Waals surface area contributed by atoms with Gasteiger partial charge in [0.25, 0.3) is 0 Å². The molecule has 0 aromatic heterocycles. The summed E-state index contributed by atoms with van der Waals surface area (Å²) in [5, 5.41) is 10.5. The van der Waals surface area contributed by atoms with E-state index in [0.29, 0.717) is 0 Å². The van der Waals surface area contributed by atoms with Crippen molar-refractivity contribution in [1.82, 2.24) is 0 Å². The van der Waals surface area contributed by atoms with Crippen molar-refractivity contribution in [2.45, 2.75) is 25.4 Å². The van der Waals surface area contributed by atoms with E-state index in [1.807, 2.05) is 6.08 Å². The second-order valence-electron chi connectivity index (χ2n) is 1.91. The van der Waals surface area contributed by atoms with E-state index in [9.17, 15) is 5.11 Å². The van der Waals surface area contributed by atoms with E-state index in [2.05, 4.69) is 6.08 Å². The third kappa shape index (κ3) is 2.57. The molecule has 1 rings (SSSR count). The quantitative estimate of drug-likeness (QED) is 0.245. The molecule has 40 valence electrons. The molecule has 1 nitrogen and oxygen atoms in total. The van der Waals surface area contributed by atoms with Gasteiger partial charge in [0.1, 0.15) is 0 Å². The van der Waals surface area contributed by atoms with Crippen molar-refractivity contribution in [2.24, 2.45) is 0 Å². The van der Waals surface area contributed by atoms with Gasteiger partial charge in [0.15, 0.2) is 0 Å². The molecule has 0 bridgehead atoms. The smallest absolute Gasteiger partial charge is 0.852 e. The second kappa shape index (κ2) is 4.20. The topological polar surface area (TPSA) is 23.1 Å². The number of hydrogen-bond acceptors (Lipinski definition) is 1. The number of rotatable bonds is 0. The second-order valence-corrected chi connectivity index (χ2v) is 1.91. The van der Waals surface area contributed by atoms with Crippen LogP contribution in [-0.4, -0.2) is 6.10 Å². The van der Waals surface area contributed by atoms with Crippen LogP contribution in [0.3, 0.4) is 0 Å². The molecule has 2 heteroatoms. The maximum atomic E-state index is 10.5. The molecule has 0 fully saturated rings. The first-order chi connectivity index (χ1) is 3.39. The minimum atomic E-state index is -0.301. The fourth-order valence-electron chi connectivity index (χ4n) is 0.766. The first-order valence-electron chi connectivity index (χ1n) is 2.70. The molecule has 1 aliphatic carbocycles. The fourth-order valence-corrected chi connectivity index (χ4v) is 0.766. The Labute approximate surface area is 62.0 Å². The van der Waals surface area contributed by atoms with Crippen LogP contribution in [0.15, 0.2) is 12.2 Å². The van der Waals surface area contributed by atoms with Gasteiger partial charge in [0.2, 0.25) is 0 Å². The predicted molar refractivity (Wildman–Crippen MR) is 26.8 cm³/mol. The molecule has 8 heavy (non-hydrogen) atoms. The minimum Gasteiger partial charge on any atom is -0.852 e. The maximum Gasteiger partial charge on any atom is 1.00 e. The summed E-state index contributed by atoms with van der Waals surface area (Å²) >= 11 is 0. The summed E-state index contributed by atoms with van der Waals surface area (Å²) in [5.41, 5.74) is 0. The minimum absolute atomic E-state index is 0. The molecule has 0 N–H and O–H groups in total. The summed E-state index contributed by atoms with van der Waals surface area (Å²) in [7, 11) is 0. The monoisotopic (exact) mass is 104 g/mol. The Kier molecular flexibility index (Phi) is 4.36. The van der Waals surface area contributed by atoms with Crippen LogP contribution in [0.1, 0.15) is 19.3 Å². The van der Waals surface area contributed by atoms with Crippen LogP contribution in [-0.2, 0) is 0 Å². The largest absolute Gasteiger partial charge is 1.00 e. The average Bonchev–Trinajstić information content (AvgIpc) is 1.69. The molecular formula is C6H9LiO. The first-order valence-corrected chi connectivity index (χ1v) is 2.70. The number of hydrogen-bond donors (Lipinski definition) is 0. The molecule has 0 aliphatic heterocycles. The zero-order chi connectivity index (χ0) is 5.11. The molecule has 0 heterocycles. The molecular weight excluding hydrogens is 95.0 g/mol. The van der Waals surface area contributed by atoms with Gasteiger partial charge < -0.3 is 5.11 Å². The third-order valence-electron chi connectivity index (χ3n) is 1.22. The van der Waals surface area contributed by atoms with Gasteiger partial charge in [-0.3, -0.25) is 0 Å². The van der Waals surface area contributed by atoms with Crippen molar-refractivity contribution in [3.63, 3.8) is 0 Å². The van der Waals surface area contributed by atoms with E-state index in [1.54, 1.807) is 0 Å². The van der Waals surface area contributed by atoms with Crippen LogP contribution >= 0.6 is 0 Å². The van der Waals surface area contributed by atoms with E-state index in [1.165, 1.54) is 0 Å². The first kappa shape index (κ1) is 8.30. The summed E-state index contributed by atoms with van der Waals surface area (Å²) in [5.74, 6) is 0. The standard InChI is InChI=1S/C6H9O.Li/c7-6-4-2-1-3-5-6;/h1-2,6H,3-5H2;/q-1;+1/t6-;/m0./s1. The van der Waals surface area contributed by atoms with Crippen LogP contribution < -0.4 is 24.0 Å². The molecule has 1 aliphatic rings. The van der Waals surface area contributed by atoms with Gasteiger partial charge in [-0.2, -0.15) is 0 Å². The summed E-state index contributed by atoms with van der Waals surface area (Å²) in [6.45, 7) is 0. The Bertz CT molecular complexity index is 80.6. The van der Waals surface area contributed by atoms with E-state index in [-0.39, 0.29) is 25.0 Å². The van der Waals surface area contributed by atoms with Crippen molar-refractivity contribution >= 4 is 0 Å². The molecule has 0 saturated carbocycles. The summed E-state index contributed by atoms with van der Waals surface area (Å²) in [4.78, 5) is 0. The SMILES string of the molecule is [Li+].[O-][C@H]1CC=CCC1. The Morgan fingerprint density at radius 3 is 2.38 bits per heavy atom. The van der Waals surface area contributed by atoms with E-state index in [4.69, 9.17) is 0 Å². The summed E-state index contributed by atoms with van der Waals surface area (Å²) in [6.07, 6.45) is 6.34. The predicted octanol–water partition coefficient (Wildman–Crippen LogP) is -2.54. The Morgan fingerprint density at radius 2 is 2.12 bits per heavy atom. The number of allylic oxidation sites excluding steroid dienone is 1. The normalized spacial score (nSPS) is 26.9. The van der Waals surface area contributed by atoms with Crippen molar-refractivity contribution in [3.8, 4) is 0 Å². The molecule has 0 aromatic rings. The Morgan fingerprint density at radius 1 is 1.38 bits per heavy atom. The fraction of sp³-hybridized carbons (Fsp3) is 0.667. The van der Waals surface area contributed by atoms with Gasteiger partial charge in [0.05, 0.1) is 0 Å². The van der Waals surface area contributed by atoms with Crippen molar-refractivity contribution < 1.29 is 24.0 Å². The summed E-state index contributed by atoms with van der Waals surface area (Å²) < 4.78 is 0. The maximum absolute atomic E-state index is 10.5. The van der Waals surface area contributed by atoms with Gasteiger partial charge in [-0.25, -0.2) is 0 Å². The van der Waals surface area contributed by atoms with Gasteiger partial charge in [-0.1, -0.05) is 18.6 Å². The molecule has 0 spiro atoms. The van der Waals surface area contributed by atoms with Crippen LogP contribution in [0.2, 0.25) is 0 Å². The van der Waals surface area contributed by atoms with Crippen LogP contribution in [0, 0.1) is 0 Å². The van der Waals surface area contributed by atoms with Crippen LogP contribution in [0.5, 0.6) is 0 Å². The van der Waals surface area contributed by atoms with Gasteiger partial charge in [0, 0.05) is 0 Å². The zero-order valence-electron chi connectivity index (χ0n) is 5.26. The van der Waals surface area contributed by atoms with Crippen LogP contribution in [0.25, 0.3) is 0 Å². The molecule has 0 unspecified atom stereocenters. The molecule has 0 radical (unpaired) electrons. The van der Waals surface area contributed by atoms with E-state index < -0.39 is 0 Å². The van der Waals surface area contributed by atoms with Gasteiger partial charge in [-0.15, -0.1) is 6.10 Å². The molecule has 0 saturated heterocycles. The third-order valence-corrected chi connectivity index (χ3v) is 1.22. The Hall–Kier alpha value is 0.297. The van der Waals surface area contributed by atoms with Crippen molar-refractivity contribution in [3.05, 3.63) is 12.2 Å². The molecule has 1 atom stereocenters. The van der Waals surface area contributed by atoms with Gasteiger partial charge >= 0.3 is 18.9 Å². The van der Waals surface area contributed by atoms with E-state index >= 15 is 0 Å². The van der Waals surface area contributed by atoms with E-state index in [0.717, 1.165) is 19.3 Å². The van der Waals surface area contributed by atoms with Crippen LogP contribution in [0.4, 0.5) is 0 Å². The zero-order valence-corrected chi connectivity index (χ0v) is 5.26. The van der Waals surface area contributed by atoms with Crippen molar-refractivity contribution in [1.29, 1.82) is 0 Å². The average molecular weight is 104 g/mol. The van der Waals surface area contributed by atoms with Gasteiger partial charge in [-0.05, 0) is 12.8 Å². The van der Waals surface area contributed by atoms with Crippen molar-refractivity contribution in [2.75, 3.05) is 0 Å².